The van der Waals surface area contributed by atoms with E-state index in [1.807, 2.05) is 7.05 Å². The normalized spacial score (nSPS) is 22.3. The zero-order valence-electron chi connectivity index (χ0n) is 7.48. The largest absolute Gasteiger partial charge is 0.316 e. The number of hydrogen-bond acceptors (Lipinski definition) is 1. The molecule has 1 N–H and O–H groups in total. The third kappa shape index (κ3) is 1.97. The van der Waals surface area contributed by atoms with Gasteiger partial charge in [-0.2, -0.15) is 0 Å². The van der Waals surface area contributed by atoms with Crippen molar-refractivity contribution in [2.24, 2.45) is 5.41 Å². The standard InChI is InChI=1S/C10H17N/c1-4-5-6-9(11-3)10(2)7-8-10/h1,9,11H,5-8H2,2-3H3. The molecule has 0 aliphatic heterocycles. The van der Waals surface area contributed by atoms with Crippen molar-refractivity contribution in [1.29, 1.82) is 0 Å². The minimum Gasteiger partial charge on any atom is -0.316 e. The van der Waals surface area contributed by atoms with Gasteiger partial charge in [0.2, 0.25) is 0 Å². The van der Waals surface area contributed by atoms with Gasteiger partial charge in [-0.25, -0.2) is 0 Å². The maximum absolute atomic E-state index is 5.22. The zero-order chi connectivity index (χ0) is 8.32. The van der Waals surface area contributed by atoms with Crippen LogP contribution in [0.5, 0.6) is 0 Å². The van der Waals surface area contributed by atoms with Crippen molar-refractivity contribution in [3.05, 3.63) is 0 Å². The van der Waals surface area contributed by atoms with Gasteiger partial charge < -0.3 is 5.32 Å². The molecular formula is C10H17N. The highest BCUT2D eigenvalue weighted by molar-refractivity contribution is 4.99. The summed E-state index contributed by atoms with van der Waals surface area (Å²) in [5.74, 6) is 2.69. The Morgan fingerprint density at radius 2 is 2.27 bits per heavy atom. The van der Waals surface area contributed by atoms with E-state index in [0.29, 0.717) is 11.5 Å². The Bertz CT molecular complexity index is 162. The van der Waals surface area contributed by atoms with Crippen LogP contribution >= 0.6 is 0 Å². The van der Waals surface area contributed by atoms with Crippen LogP contribution in [0.2, 0.25) is 0 Å². The first kappa shape index (κ1) is 8.62. The molecule has 1 fully saturated rings. The lowest BCUT2D eigenvalue weighted by molar-refractivity contribution is 0.361. The highest BCUT2D eigenvalue weighted by Crippen LogP contribution is 2.49. The molecule has 11 heavy (non-hydrogen) atoms. The topological polar surface area (TPSA) is 12.0 Å². The Balaban J connectivity index is 2.32. The summed E-state index contributed by atoms with van der Waals surface area (Å²) in [6, 6.07) is 0.638. The van der Waals surface area contributed by atoms with Crippen LogP contribution in [0.4, 0.5) is 0 Å². The molecule has 0 heterocycles. The molecule has 0 amide bonds. The second-order valence-electron chi connectivity index (χ2n) is 3.74. The Hall–Kier alpha value is -0.480. The summed E-state index contributed by atoms with van der Waals surface area (Å²) in [4.78, 5) is 0. The Labute approximate surface area is 69.6 Å². The fraction of sp³-hybridized carbons (Fsp3) is 0.800. The molecule has 0 aromatic carbocycles. The summed E-state index contributed by atoms with van der Waals surface area (Å²) in [7, 11) is 2.03. The van der Waals surface area contributed by atoms with Crippen molar-refractivity contribution in [3.63, 3.8) is 0 Å². The SMILES string of the molecule is C#CCCC(NC)C1(C)CC1. The molecule has 1 saturated carbocycles. The van der Waals surface area contributed by atoms with Crippen LogP contribution in [-0.2, 0) is 0 Å². The van der Waals surface area contributed by atoms with E-state index < -0.39 is 0 Å². The first-order chi connectivity index (χ1) is 5.23. The van der Waals surface area contributed by atoms with Crippen molar-refractivity contribution in [3.8, 4) is 12.3 Å². The van der Waals surface area contributed by atoms with Crippen LogP contribution in [-0.4, -0.2) is 13.1 Å². The predicted octanol–water partition coefficient (Wildman–Crippen LogP) is 1.79. The van der Waals surface area contributed by atoms with Crippen LogP contribution in [0.15, 0.2) is 0 Å². The Kier molecular flexibility index (Phi) is 2.57. The molecule has 1 unspecified atom stereocenters. The number of hydrogen-bond donors (Lipinski definition) is 1. The second kappa shape index (κ2) is 3.28. The first-order valence-corrected chi connectivity index (χ1v) is 4.33. The number of nitrogens with one attached hydrogen (secondary N) is 1. The molecule has 1 nitrogen and oxygen atoms in total. The highest BCUT2D eigenvalue weighted by atomic mass is 14.9. The van der Waals surface area contributed by atoms with Gasteiger partial charge in [0.05, 0.1) is 0 Å². The number of rotatable bonds is 4. The predicted molar refractivity (Wildman–Crippen MR) is 48.3 cm³/mol. The lowest BCUT2D eigenvalue weighted by atomic mass is 9.95. The van der Waals surface area contributed by atoms with E-state index in [0.717, 1.165) is 12.8 Å². The summed E-state index contributed by atoms with van der Waals surface area (Å²) in [6.07, 6.45) is 9.98. The molecular weight excluding hydrogens is 134 g/mol. The highest BCUT2D eigenvalue weighted by Gasteiger charge is 2.43. The van der Waals surface area contributed by atoms with Gasteiger partial charge in [-0.3, -0.25) is 0 Å². The lowest BCUT2D eigenvalue weighted by Gasteiger charge is -2.21. The van der Waals surface area contributed by atoms with E-state index in [-0.39, 0.29) is 0 Å². The van der Waals surface area contributed by atoms with Crippen LogP contribution < -0.4 is 5.32 Å². The molecule has 0 radical (unpaired) electrons. The van der Waals surface area contributed by atoms with Crippen LogP contribution in [0.3, 0.4) is 0 Å². The fourth-order valence-electron chi connectivity index (χ4n) is 1.61. The summed E-state index contributed by atoms with van der Waals surface area (Å²) >= 11 is 0. The van der Waals surface area contributed by atoms with Gasteiger partial charge in [0, 0.05) is 12.5 Å². The smallest absolute Gasteiger partial charge is 0.0127 e. The van der Waals surface area contributed by atoms with Crippen molar-refractivity contribution >= 4 is 0 Å². The van der Waals surface area contributed by atoms with Crippen molar-refractivity contribution in [2.75, 3.05) is 7.05 Å². The van der Waals surface area contributed by atoms with E-state index in [2.05, 4.69) is 18.2 Å². The van der Waals surface area contributed by atoms with E-state index in [4.69, 9.17) is 6.42 Å². The van der Waals surface area contributed by atoms with Gasteiger partial charge in [-0.1, -0.05) is 6.92 Å². The molecule has 0 saturated heterocycles. The third-order valence-electron chi connectivity index (χ3n) is 2.81. The minimum absolute atomic E-state index is 0.561. The lowest BCUT2D eigenvalue weighted by Crippen LogP contribution is -2.33. The average Bonchev–Trinajstić information content (AvgIpc) is 2.71. The molecule has 62 valence electrons. The second-order valence-corrected chi connectivity index (χ2v) is 3.74. The monoisotopic (exact) mass is 151 g/mol. The third-order valence-corrected chi connectivity index (χ3v) is 2.81. The summed E-state index contributed by atoms with van der Waals surface area (Å²) < 4.78 is 0. The van der Waals surface area contributed by atoms with Gasteiger partial charge in [0.15, 0.2) is 0 Å². The molecule has 1 aliphatic carbocycles. The molecule has 1 atom stereocenters. The van der Waals surface area contributed by atoms with Gasteiger partial charge in [-0.05, 0) is 31.7 Å². The maximum Gasteiger partial charge on any atom is 0.0127 e. The van der Waals surface area contributed by atoms with Crippen LogP contribution in [0.1, 0.15) is 32.6 Å². The minimum atomic E-state index is 0.561. The molecule has 0 aromatic rings. The molecule has 1 heteroatoms. The summed E-state index contributed by atoms with van der Waals surface area (Å²) in [5, 5.41) is 3.34. The summed E-state index contributed by atoms with van der Waals surface area (Å²) in [6.45, 7) is 2.34. The van der Waals surface area contributed by atoms with Crippen molar-refractivity contribution in [2.45, 2.75) is 38.6 Å². The van der Waals surface area contributed by atoms with Gasteiger partial charge >= 0.3 is 0 Å². The quantitative estimate of drug-likeness (QED) is 0.604. The van der Waals surface area contributed by atoms with Crippen molar-refractivity contribution < 1.29 is 0 Å². The van der Waals surface area contributed by atoms with Gasteiger partial charge in [0.25, 0.3) is 0 Å². The van der Waals surface area contributed by atoms with Crippen LogP contribution in [0.25, 0.3) is 0 Å². The van der Waals surface area contributed by atoms with Gasteiger partial charge in [-0.15, -0.1) is 12.3 Å². The molecule has 1 rings (SSSR count). The van der Waals surface area contributed by atoms with E-state index >= 15 is 0 Å². The first-order valence-electron chi connectivity index (χ1n) is 4.33. The van der Waals surface area contributed by atoms with Gasteiger partial charge in [0.1, 0.15) is 0 Å². The molecule has 0 spiro atoms. The molecule has 0 bridgehead atoms. The fourth-order valence-corrected chi connectivity index (χ4v) is 1.61. The average molecular weight is 151 g/mol. The Morgan fingerprint density at radius 3 is 2.64 bits per heavy atom. The van der Waals surface area contributed by atoms with E-state index in [9.17, 15) is 0 Å². The van der Waals surface area contributed by atoms with E-state index in [1.54, 1.807) is 0 Å². The molecule has 0 aromatic heterocycles. The maximum atomic E-state index is 5.22. The molecule has 1 aliphatic rings. The summed E-state index contributed by atoms with van der Waals surface area (Å²) in [5.41, 5.74) is 0.561. The Morgan fingerprint density at radius 1 is 1.64 bits per heavy atom. The van der Waals surface area contributed by atoms with Crippen LogP contribution in [0, 0.1) is 17.8 Å². The zero-order valence-corrected chi connectivity index (χ0v) is 7.48. The van der Waals surface area contributed by atoms with Crippen molar-refractivity contribution in [1.82, 2.24) is 5.32 Å². The number of terminal acetylenes is 1. The van der Waals surface area contributed by atoms with E-state index in [1.165, 1.54) is 12.8 Å².